The fourth-order valence-corrected chi connectivity index (χ4v) is 1.75. The molecule has 1 aromatic rings. The van der Waals surface area contributed by atoms with Crippen molar-refractivity contribution in [2.24, 2.45) is 0 Å². The molecule has 0 unspecified atom stereocenters. The summed E-state index contributed by atoms with van der Waals surface area (Å²) in [4.78, 5) is 15.8. The molecule has 1 heterocycles. The number of hydrogen-bond acceptors (Lipinski definition) is 4. The molecule has 0 aliphatic heterocycles. The van der Waals surface area contributed by atoms with E-state index in [1.54, 1.807) is 26.1 Å². The predicted octanol–water partition coefficient (Wildman–Crippen LogP) is 2.93. The van der Waals surface area contributed by atoms with E-state index in [1.807, 2.05) is 18.3 Å². The Morgan fingerprint density at radius 2 is 2.32 bits per heavy atom. The Morgan fingerprint density at radius 1 is 1.53 bits per heavy atom. The molecule has 0 saturated heterocycles. The monoisotopic (exact) mass is 260 g/mol. The van der Waals surface area contributed by atoms with E-state index in [0.29, 0.717) is 24.3 Å². The number of carbonyl (C=O) groups is 1. The van der Waals surface area contributed by atoms with E-state index in [2.05, 4.69) is 4.98 Å². The summed E-state index contributed by atoms with van der Waals surface area (Å²) in [5.41, 5.74) is 2.08. The van der Waals surface area contributed by atoms with Crippen LogP contribution < -0.4 is 0 Å². The number of aromatic nitrogens is 1. The van der Waals surface area contributed by atoms with Crippen molar-refractivity contribution in [1.29, 1.82) is 5.41 Å². The highest BCUT2D eigenvalue weighted by atomic mass is 16.5. The van der Waals surface area contributed by atoms with Crippen LogP contribution in [0, 0.1) is 5.41 Å². The van der Waals surface area contributed by atoms with Gasteiger partial charge in [-0.05, 0) is 50.8 Å². The topological polar surface area (TPSA) is 63.0 Å². The number of carbonyl (C=O) groups excluding carboxylic acids is 1. The second kappa shape index (κ2) is 8.19. The quantitative estimate of drug-likeness (QED) is 0.466. The van der Waals surface area contributed by atoms with E-state index in [9.17, 15) is 4.79 Å². The third kappa shape index (κ3) is 5.95. The lowest BCUT2D eigenvalue weighted by Gasteiger charge is -2.07. The standard InChI is InChI=1S/C15H20N2O2/c1-3-19-15(18)14(10-12(2)16)8-4-6-13-7-5-9-17-11-13/h5,7,9-11,16H,3-4,6,8H2,1-2H3/b14-10+,16-12?. The highest BCUT2D eigenvalue weighted by Crippen LogP contribution is 2.11. The molecule has 4 heteroatoms. The van der Waals surface area contributed by atoms with Gasteiger partial charge in [-0.1, -0.05) is 6.07 Å². The lowest BCUT2D eigenvalue weighted by atomic mass is 10.0. The minimum absolute atomic E-state index is 0.319. The first-order valence-electron chi connectivity index (χ1n) is 6.45. The average molecular weight is 260 g/mol. The number of rotatable bonds is 7. The second-order valence-corrected chi connectivity index (χ2v) is 4.29. The maximum absolute atomic E-state index is 11.7. The smallest absolute Gasteiger partial charge is 0.334 e. The van der Waals surface area contributed by atoms with E-state index in [4.69, 9.17) is 10.1 Å². The Kier molecular flexibility index (Phi) is 6.50. The van der Waals surface area contributed by atoms with Crippen LogP contribution in [0.2, 0.25) is 0 Å². The highest BCUT2D eigenvalue weighted by Gasteiger charge is 2.10. The van der Waals surface area contributed by atoms with Crippen LogP contribution in [0.5, 0.6) is 0 Å². The normalized spacial score (nSPS) is 11.2. The molecule has 0 atom stereocenters. The number of pyridine rings is 1. The van der Waals surface area contributed by atoms with Gasteiger partial charge in [0, 0.05) is 23.7 Å². The van der Waals surface area contributed by atoms with E-state index in [0.717, 1.165) is 18.4 Å². The Morgan fingerprint density at radius 3 is 2.89 bits per heavy atom. The first-order valence-corrected chi connectivity index (χ1v) is 6.45. The largest absolute Gasteiger partial charge is 0.463 e. The number of aryl methyl sites for hydroxylation is 1. The molecule has 0 bridgehead atoms. The minimum atomic E-state index is -0.319. The molecule has 102 valence electrons. The second-order valence-electron chi connectivity index (χ2n) is 4.29. The molecular formula is C15H20N2O2. The SMILES string of the molecule is CCOC(=O)/C(=C/C(C)=N)CCCc1cccnc1. The number of ether oxygens (including phenoxy) is 1. The van der Waals surface area contributed by atoms with Crippen molar-refractivity contribution in [3.8, 4) is 0 Å². The zero-order valence-corrected chi connectivity index (χ0v) is 11.5. The Hall–Kier alpha value is -1.97. The van der Waals surface area contributed by atoms with Crippen molar-refractivity contribution >= 4 is 11.7 Å². The highest BCUT2D eigenvalue weighted by molar-refractivity contribution is 5.99. The summed E-state index contributed by atoms with van der Waals surface area (Å²) in [6.45, 7) is 3.79. The van der Waals surface area contributed by atoms with Crippen LogP contribution in [-0.4, -0.2) is 23.3 Å². The molecule has 0 aromatic carbocycles. The number of nitrogens with one attached hydrogen (secondary N) is 1. The fourth-order valence-electron chi connectivity index (χ4n) is 1.75. The van der Waals surface area contributed by atoms with Crippen LogP contribution in [0.1, 0.15) is 32.3 Å². The number of allylic oxidation sites excluding steroid dienone is 1. The lowest BCUT2D eigenvalue weighted by molar-refractivity contribution is -0.138. The Balaban J connectivity index is 2.54. The summed E-state index contributed by atoms with van der Waals surface area (Å²) >= 11 is 0. The molecule has 4 nitrogen and oxygen atoms in total. The van der Waals surface area contributed by atoms with Gasteiger partial charge in [0.15, 0.2) is 0 Å². The van der Waals surface area contributed by atoms with Gasteiger partial charge in [-0.25, -0.2) is 4.79 Å². The maximum atomic E-state index is 11.7. The van der Waals surface area contributed by atoms with E-state index in [-0.39, 0.29) is 5.97 Å². The van der Waals surface area contributed by atoms with Gasteiger partial charge in [0.2, 0.25) is 0 Å². The summed E-state index contributed by atoms with van der Waals surface area (Å²) in [6.07, 6.45) is 7.47. The first-order chi connectivity index (χ1) is 9.13. The van der Waals surface area contributed by atoms with Gasteiger partial charge in [-0.2, -0.15) is 0 Å². The summed E-state index contributed by atoms with van der Waals surface area (Å²) in [5.74, 6) is -0.319. The van der Waals surface area contributed by atoms with Crippen LogP contribution in [0.4, 0.5) is 0 Å². The molecule has 1 N–H and O–H groups in total. The molecule has 19 heavy (non-hydrogen) atoms. The van der Waals surface area contributed by atoms with Gasteiger partial charge >= 0.3 is 5.97 Å². The summed E-state index contributed by atoms with van der Waals surface area (Å²) < 4.78 is 4.99. The molecule has 0 aliphatic carbocycles. The van der Waals surface area contributed by atoms with Gasteiger partial charge in [0.05, 0.1) is 6.61 Å². The van der Waals surface area contributed by atoms with Gasteiger partial charge in [-0.15, -0.1) is 0 Å². The van der Waals surface area contributed by atoms with Crippen LogP contribution in [0.3, 0.4) is 0 Å². The third-order valence-corrected chi connectivity index (χ3v) is 2.56. The summed E-state index contributed by atoms with van der Waals surface area (Å²) in [6, 6.07) is 3.92. The van der Waals surface area contributed by atoms with Crippen molar-refractivity contribution in [2.75, 3.05) is 6.61 Å². The summed E-state index contributed by atoms with van der Waals surface area (Å²) in [7, 11) is 0. The van der Waals surface area contributed by atoms with Crippen LogP contribution in [0.15, 0.2) is 36.2 Å². The van der Waals surface area contributed by atoms with Crippen LogP contribution >= 0.6 is 0 Å². The Bertz CT molecular complexity index is 452. The molecule has 0 spiro atoms. The van der Waals surface area contributed by atoms with Crippen molar-refractivity contribution in [1.82, 2.24) is 4.98 Å². The molecule has 0 radical (unpaired) electrons. The molecular weight excluding hydrogens is 240 g/mol. The molecule has 0 fully saturated rings. The predicted molar refractivity (Wildman–Crippen MR) is 75.3 cm³/mol. The number of nitrogens with zero attached hydrogens (tertiary/aromatic N) is 1. The summed E-state index contributed by atoms with van der Waals surface area (Å²) in [5, 5.41) is 7.46. The average Bonchev–Trinajstić information content (AvgIpc) is 2.38. The molecule has 0 saturated carbocycles. The van der Waals surface area contributed by atoms with E-state index >= 15 is 0 Å². The van der Waals surface area contributed by atoms with Crippen molar-refractivity contribution in [3.63, 3.8) is 0 Å². The van der Waals surface area contributed by atoms with E-state index < -0.39 is 0 Å². The van der Waals surface area contributed by atoms with Gasteiger partial charge in [0.1, 0.15) is 0 Å². The van der Waals surface area contributed by atoms with Crippen LogP contribution in [-0.2, 0) is 16.0 Å². The maximum Gasteiger partial charge on any atom is 0.334 e. The van der Waals surface area contributed by atoms with Crippen LogP contribution in [0.25, 0.3) is 0 Å². The minimum Gasteiger partial charge on any atom is -0.463 e. The molecule has 1 aromatic heterocycles. The van der Waals surface area contributed by atoms with Gasteiger partial charge in [0.25, 0.3) is 0 Å². The van der Waals surface area contributed by atoms with Gasteiger partial charge in [-0.3, -0.25) is 4.98 Å². The zero-order chi connectivity index (χ0) is 14.1. The number of esters is 1. The third-order valence-electron chi connectivity index (χ3n) is 2.56. The first kappa shape index (κ1) is 15.1. The Labute approximate surface area is 114 Å². The molecule has 0 aliphatic rings. The van der Waals surface area contributed by atoms with Gasteiger partial charge < -0.3 is 10.1 Å². The van der Waals surface area contributed by atoms with Crippen molar-refractivity contribution < 1.29 is 9.53 Å². The fraction of sp³-hybridized carbons (Fsp3) is 0.400. The number of hydrogen-bond donors (Lipinski definition) is 1. The van der Waals surface area contributed by atoms with Crippen molar-refractivity contribution in [2.45, 2.75) is 33.1 Å². The molecule has 0 amide bonds. The lowest BCUT2D eigenvalue weighted by Crippen LogP contribution is -2.09. The van der Waals surface area contributed by atoms with E-state index in [1.165, 1.54) is 0 Å². The zero-order valence-electron chi connectivity index (χ0n) is 11.5. The van der Waals surface area contributed by atoms with Crippen molar-refractivity contribution in [3.05, 3.63) is 41.7 Å². The molecule has 1 rings (SSSR count).